The molecule has 0 heterocycles. The zero-order valence-electron chi connectivity index (χ0n) is 17.2. The van der Waals surface area contributed by atoms with Gasteiger partial charge in [-0.15, -0.1) is 0 Å². The maximum absolute atomic E-state index is 5.73. The van der Waals surface area contributed by atoms with Crippen LogP contribution in [0.25, 0.3) is 0 Å². The third-order valence-corrected chi connectivity index (χ3v) is 4.40. The second-order valence-corrected chi connectivity index (χ2v) is 7.47. The van der Waals surface area contributed by atoms with Gasteiger partial charge in [-0.3, -0.25) is 0 Å². The Morgan fingerprint density at radius 3 is 1.92 bits per heavy atom. The van der Waals surface area contributed by atoms with Crippen LogP contribution in [-0.2, 0) is 6.54 Å². The topological polar surface area (TPSA) is 31.8 Å². The molecule has 0 amide bonds. The lowest BCUT2D eigenvalue weighted by Crippen LogP contribution is -3.13. The first-order valence-corrected chi connectivity index (χ1v) is 9.67. The predicted octanol–water partition coefficient (Wildman–Crippen LogP) is -1.45. The number of rotatable bonds is 13. The lowest BCUT2D eigenvalue weighted by Gasteiger charge is -2.21. The summed E-state index contributed by atoms with van der Waals surface area (Å²) in [4.78, 5) is 4.72. The molecule has 1 rings (SSSR count). The number of ether oxygens (including phenoxy) is 2. The van der Waals surface area contributed by atoms with E-state index in [1.165, 1.54) is 54.4 Å². The fourth-order valence-electron chi connectivity index (χ4n) is 3.07. The molecule has 0 saturated carbocycles. The highest BCUT2D eigenvalue weighted by Gasteiger charge is 2.13. The van der Waals surface area contributed by atoms with Gasteiger partial charge in [0, 0.05) is 18.4 Å². The molecule has 0 aromatic heterocycles. The van der Waals surface area contributed by atoms with Crippen molar-refractivity contribution < 1.29 is 24.2 Å². The van der Waals surface area contributed by atoms with Gasteiger partial charge in [-0.05, 0) is 25.1 Å². The molecule has 0 aliphatic heterocycles. The molecule has 0 fully saturated rings. The van der Waals surface area contributed by atoms with Gasteiger partial charge in [-0.2, -0.15) is 0 Å². The zero-order chi connectivity index (χ0) is 18.7. The Kier molecular flexibility index (Phi) is 10.5. The first kappa shape index (κ1) is 21.7. The van der Waals surface area contributed by atoms with E-state index < -0.39 is 0 Å². The fraction of sp³-hybridized carbons (Fsp3) is 0.700. The van der Waals surface area contributed by atoms with Crippen molar-refractivity contribution in [1.82, 2.24) is 0 Å². The number of hydrogen-bond donors (Lipinski definition) is 3. The van der Waals surface area contributed by atoms with Crippen LogP contribution in [0.15, 0.2) is 18.2 Å². The lowest BCUT2D eigenvalue weighted by molar-refractivity contribution is -0.925. The quantitative estimate of drug-likeness (QED) is 0.405. The molecule has 1 aromatic rings. The van der Waals surface area contributed by atoms with Crippen LogP contribution in [0.3, 0.4) is 0 Å². The summed E-state index contributed by atoms with van der Waals surface area (Å²) in [5.41, 5.74) is 1.33. The van der Waals surface area contributed by atoms with Crippen molar-refractivity contribution in [3.63, 3.8) is 0 Å². The summed E-state index contributed by atoms with van der Waals surface area (Å²) < 4.78 is 11.1. The predicted molar refractivity (Wildman–Crippen MR) is 103 cm³/mol. The summed E-state index contributed by atoms with van der Waals surface area (Å²) >= 11 is 0. The molecule has 0 radical (unpaired) electrons. The molecule has 0 aliphatic carbocycles. The molecule has 0 saturated heterocycles. The molecular formula is C20H40N3O2+3. The molecule has 144 valence electrons. The van der Waals surface area contributed by atoms with E-state index in [1.807, 2.05) is 13.0 Å². The molecular weight excluding hydrogens is 314 g/mol. The van der Waals surface area contributed by atoms with E-state index in [0.29, 0.717) is 6.61 Å². The molecule has 5 heteroatoms. The van der Waals surface area contributed by atoms with E-state index in [9.17, 15) is 0 Å². The Balaban J connectivity index is 2.71. The maximum atomic E-state index is 5.73. The summed E-state index contributed by atoms with van der Waals surface area (Å²) in [5, 5.41) is 0. The molecule has 25 heavy (non-hydrogen) atoms. The monoisotopic (exact) mass is 354 g/mol. The number of quaternary nitrogens is 3. The van der Waals surface area contributed by atoms with Crippen LogP contribution in [0, 0.1) is 0 Å². The Morgan fingerprint density at radius 2 is 1.44 bits per heavy atom. The van der Waals surface area contributed by atoms with Gasteiger partial charge < -0.3 is 24.2 Å². The van der Waals surface area contributed by atoms with Crippen molar-refractivity contribution in [2.24, 2.45) is 0 Å². The minimum Gasteiger partial charge on any atom is -0.493 e. The molecule has 5 nitrogen and oxygen atoms in total. The first-order chi connectivity index (χ1) is 12.0. The summed E-state index contributed by atoms with van der Waals surface area (Å²) in [6.45, 7) is 8.64. The van der Waals surface area contributed by atoms with Crippen LogP contribution in [0.2, 0.25) is 0 Å². The number of nitrogens with one attached hydrogen (secondary N) is 3. The number of benzene rings is 1. The average molecular weight is 355 g/mol. The van der Waals surface area contributed by atoms with Gasteiger partial charge in [0.1, 0.15) is 6.54 Å². The normalized spacial score (nSPS) is 11.6. The summed E-state index contributed by atoms with van der Waals surface area (Å²) in [5.74, 6) is 1.68. The third kappa shape index (κ3) is 9.10. The smallest absolute Gasteiger partial charge is 0.161 e. The van der Waals surface area contributed by atoms with Crippen molar-refractivity contribution in [1.29, 1.82) is 0 Å². The van der Waals surface area contributed by atoms with Crippen LogP contribution >= 0.6 is 0 Å². The third-order valence-electron chi connectivity index (χ3n) is 4.40. The van der Waals surface area contributed by atoms with Gasteiger partial charge in [-0.1, -0.05) is 0 Å². The molecule has 0 atom stereocenters. The van der Waals surface area contributed by atoms with Gasteiger partial charge in [0.05, 0.1) is 68.1 Å². The van der Waals surface area contributed by atoms with E-state index in [2.05, 4.69) is 40.3 Å². The largest absolute Gasteiger partial charge is 0.493 e. The Labute approximate surface area is 154 Å². The zero-order valence-corrected chi connectivity index (χ0v) is 17.2. The Hall–Kier alpha value is -1.30. The van der Waals surface area contributed by atoms with Crippen LogP contribution in [0.1, 0.15) is 25.3 Å². The molecule has 0 unspecified atom stereocenters. The molecule has 0 spiro atoms. The molecule has 1 aromatic carbocycles. The van der Waals surface area contributed by atoms with E-state index in [4.69, 9.17) is 9.47 Å². The first-order valence-electron chi connectivity index (χ1n) is 9.67. The van der Waals surface area contributed by atoms with Crippen molar-refractivity contribution in [3.05, 3.63) is 23.8 Å². The van der Waals surface area contributed by atoms with Gasteiger partial charge in [-0.25, -0.2) is 0 Å². The highest BCUT2D eigenvalue weighted by Crippen LogP contribution is 2.27. The lowest BCUT2D eigenvalue weighted by atomic mass is 10.1. The molecule has 0 bridgehead atoms. The van der Waals surface area contributed by atoms with Crippen molar-refractivity contribution in [2.75, 3.05) is 68.1 Å². The SMILES string of the molecule is CCOc1cc(C[NH+](CCC[NH+](C)C)CCC[NH+](C)C)ccc1OC. The van der Waals surface area contributed by atoms with E-state index in [1.54, 1.807) is 12.0 Å². The minimum absolute atomic E-state index is 0.660. The van der Waals surface area contributed by atoms with Gasteiger partial charge in [0.2, 0.25) is 0 Å². The summed E-state index contributed by atoms with van der Waals surface area (Å²) in [7, 11) is 10.6. The van der Waals surface area contributed by atoms with Crippen LogP contribution in [0.5, 0.6) is 11.5 Å². The van der Waals surface area contributed by atoms with E-state index in [-0.39, 0.29) is 0 Å². The summed E-state index contributed by atoms with van der Waals surface area (Å²) in [6.07, 6.45) is 2.53. The summed E-state index contributed by atoms with van der Waals surface area (Å²) in [6, 6.07) is 6.36. The fourth-order valence-corrected chi connectivity index (χ4v) is 3.07. The van der Waals surface area contributed by atoms with Gasteiger partial charge in [0.25, 0.3) is 0 Å². The minimum atomic E-state index is 0.660. The molecule has 0 aliphatic rings. The van der Waals surface area contributed by atoms with Gasteiger partial charge in [0.15, 0.2) is 11.5 Å². The highest BCUT2D eigenvalue weighted by molar-refractivity contribution is 5.42. The Morgan fingerprint density at radius 1 is 0.840 bits per heavy atom. The van der Waals surface area contributed by atoms with Crippen molar-refractivity contribution in [2.45, 2.75) is 26.3 Å². The number of methoxy groups -OCH3 is 1. The molecule has 3 N–H and O–H groups in total. The van der Waals surface area contributed by atoms with Crippen LogP contribution in [-0.4, -0.2) is 68.1 Å². The second kappa shape index (κ2) is 12.1. The second-order valence-electron chi connectivity index (χ2n) is 7.47. The van der Waals surface area contributed by atoms with Crippen LogP contribution in [0.4, 0.5) is 0 Å². The Bertz CT molecular complexity index is 464. The average Bonchev–Trinajstić information content (AvgIpc) is 2.54. The maximum Gasteiger partial charge on any atom is 0.161 e. The van der Waals surface area contributed by atoms with Crippen LogP contribution < -0.4 is 24.2 Å². The van der Waals surface area contributed by atoms with E-state index >= 15 is 0 Å². The number of hydrogen-bond acceptors (Lipinski definition) is 2. The highest BCUT2D eigenvalue weighted by atomic mass is 16.5. The van der Waals surface area contributed by atoms with Gasteiger partial charge >= 0.3 is 0 Å². The van der Waals surface area contributed by atoms with E-state index in [0.717, 1.165) is 18.0 Å². The van der Waals surface area contributed by atoms with Crippen molar-refractivity contribution >= 4 is 0 Å². The standard InChI is InChI=1S/C20H37N3O2/c1-7-25-20-16-18(10-11-19(20)24-6)17-23(14-8-12-21(2)3)15-9-13-22(4)5/h10-11,16H,7-9,12-15,17H2,1-6H3/p+3. The van der Waals surface area contributed by atoms with Crippen molar-refractivity contribution in [3.8, 4) is 11.5 Å².